The summed E-state index contributed by atoms with van der Waals surface area (Å²) in [6, 6.07) is 4.15. The van der Waals surface area contributed by atoms with Crippen molar-refractivity contribution in [1.29, 1.82) is 0 Å². The third kappa shape index (κ3) is 2.58. The van der Waals surface area contributed by atoms with Gasteiger partial charge in [-0.15, -0.1) is 0 Å². The zero-order valence-corrected chi connectivity index (χ0v) is 11.6. The Balaban J connectivity index is 2.66. The number of methoxy groups -OCH3 is 1. The number of ether oxygens (including phenoxy) is 1. The molecule has 6 heteroatoms. The summed E-state index contributed by atoms with van der Waals surface area (Å²) < 4.78 is 18.6. The number of Topliss-reactive ketones (excluding diaryl/α,β-unsaturated/α-hetero) is 1. The zero-order chi connectivity index (χ0) is 14.0. The maximum atomic E-state index is 13.4. The molecule has 100 valence electrons. The van der Waals surface area contributed by atoms with Crippen molar-refractivity contribution in [3.8, 4) is 17.0 Å². The molecule has 0 aliphatic carbocycles. The van der Waals surface area contributed by atoms with Gasteiger partial charge < -0.3 is 10.1 Å². The molecule has 0 saturated carbocycles. The van der Waals surface area contributed by atoms with E-state index in [1.165, 1.54) is 43.6 Å². The van der Waals surface area contributed by atoms with Crippen molar-refractivity contribution in [1.82, 2.24) is 4.98 Å². The molecular weight excluding hydrogens is 267 g/mol. The van der Waals surface area contributed by atoms with Crippen LogP contribution in [0.3, 0.4) is 0 Å². The van der Waals surface area contributed by atoms with Gasteiger partial charge in [-0.3, -0.25) is 4.79 Å². The van der Waals surface area contributed by atoms with E-state index in [9.17, 15) is 9.18 Å². The van der Waals surface area contributed by atoms with Gasteiger partial charge in [-0.25, -0.2) is 9.37 Å². The third-order valence-corrected chi connectivity index (χ3v) is 3.75. The highest BCUT2D eigenvalue weighted by atomic mass is 32.1. The molecule has 0 aliphatic rings. The molecule has 1 N–H and O–H groups in total. The Morgan fingerprint density at radius 2 is 2.21 bits per heavy atom. The number of halogens is 1. The summed E-state index contributed by atoms with van der Waals surface area (Å²) >= 11 is 1.24. The Morgan fingerprint density at radius 3 is 2.79 bits per heavy atom. The quantitative estimate of drug-likeness (QED) is 0.874. The van der Waals surface area contributed by atoms with Gasteiger partial charge in [0.05, 0.1) is 17.7 Å². The molecule has 1 heterocycles. The van der Waals surface area contributed by atoms with E-state index >= 15 is 0 Å². The fraction of sp³-hybridized carbons (Fsp3) is 0.231. The van der Waals surface area contributed by atoms with Crippen LogP contribution in [-0.2, 0) is 0 Å². The number of nitrogens with one attached hydrogen (secondary N) is 1. The molecule has 1 aromatic carbocycles. The van der Waals surface area contributed by atoms with Crippen molar-refractivity contribution >= 4 is 22.3 Å². The summed E-state index contributed by atoms with van der Waals surface area (Å²) in [5.74, 6) is -0.0264. The Morgan fingerprint density at radius 1 is 1.47 bits per heavy atom. The topological polar surface area (TPSA) is 51.2 Å². The number of benzene rings is 1. The van der Waals surface area contributed by atoms with Crippen molar-refractivity contribution in [2.45, 2.75) is 6.92 Å². The number of carbonyl (C=O) groups is 1. The van der Waals surface area contributed by atoms with E-state index in [1.54, 1.807) is 7.05 Å². The van der Waals surface area contributed by atoms with Gasteiger partial charge in [-0.2, -0.15) is 0 Å². The normalized spacial score (nSPS) is 10.3. The minimum Gasteiger partial charge on any atom is -0.496 e. The molecule has 0 saturated heterocycles. The standard InChI is InChI=1S/C13H13FN2O2S/c1-7(17)12-11(16-13(15-2)19-12)9-6-8(14)4-5-10(9)18-3/h4-6H,1-3H3,(H,15,16). The first-order valence-electron chi connectivity index (χ1n) is 5.60. The van der Waals surface area contributed by atoms with Crippen LogP contribution in [0.5, 0.6) is 5.75 Å². The Bertz CT molecular complexity index is 625. The van der Waals surface area contributed by atoms with Crippen LogP contribution < -0.4 is 10.1 Å². The highest BCUT2D eigenvalue weighted by Crippen LogP contribution is 2.36. The summed E-state index contributed by atoms with van der Waals surface area (Å²) in [5, 5.41) is 3.49. The van der Waals surface area contributed by atoms with Gasteiger partial charge in [-0.05, 0) is 18.2 Å². The number of anilines is 1. The summed E-state index contributed by atoms with van der Waals surface area (Å²) in [6.45, 7) is 1.46. The number of ketones is 1. The molecule has 0 unspecified atom stereocenters. The Kier molecular flexibility index (Phi) is 3.80. The predicted molar refractivity (Wildman–Crippen MR) is 73.6 cm³/mol. The van der Waals surface area contributed by atoms with E-state index in [0.29, 0.717) is 27.0 Å². The van der Waals surface area contributed by atoms with Crippen LogP contribution in [-0.4, -0.2) is 24.9 Å². The minimum atomic E-state index is -0.399. The number of hydrogen-bond acceptors (Lipinski definition) is 5. The second-order valence-electron chi connectivity index (χ2n) is 3.85. The SMILES string of the molecule is CNc1nc(-c2cc(F)ccc2OC)c(C(C)=O)s1. The number of nitrogens with zero attached hydrogens (tertiary/aromatic N) is 1. The van der Waals surface area contributed by atoms with Crippen LogP contribution in [0.25, 0.3) is 11.3 Å². The molecular formula is C13H13FN2O2S. The molecule has 2 rings (SSSR count). The highest BCUT2D eigenvalue weighted by Gasteiger charge is 2.19. The first-order chi connectivity index (χ1) is 9.06. The monoisotopic (exact) mass is 280 g/mol. The van der Waals surface area contributed by atoms with Crippen LogP contribution in [0.15, 0.2) is 18.2 Å². The lowest BCUT2D eigenvalue weighted by atomic mass is 10.1. The average molecular weight is 280 g/mol. The molecule has 0 bridgehead atoms. The number of thiazole rings is 1. The van der Waals surface area contributed by atoms with Crippen LogP contribution >= 0.6 is 11.3 Å². The van der Waals surface area contributed by atoms with E-state index in [4.69, 9.17) is 4.74 Å². The number of rotatable bonds is 4. The molecule has 0 radical (unpaired) electrons. The fourth-order valence-corrected chi connectivity index (χ4v) is 2.54. The second kappa shape index (κ2) is 5.36. The molecule has 0 fully saturated rings. The molecule has 4 nitrogen and oxygen atoms in total. The summed E-state index contributed by atoms with van der Waals surface area (Å²) in [5.41, 5.74) is 0.920. The zero-order valence-electron chi connectivity index (χ0n) is 10.8. The number of aromatic nitrogens is 1. The first-order valence-corrected chi connectivity index (χ1v) is 6.42. The van der Waals surface area contributed by atoms with Crippen molar-refractivity contribution in [3.63, 3.8) is 0 Å². The maximum Gasteiger partial charge on any atom is 0.183 e. The largest absolute Gasteiger partial charge is 0.496 e. The van der Waals surface area contributed by atoms with Crippen molar-refractivity contribution in [3.05, 3.63) is 28.9 Å². The summed E-state index contributed by atoms with van der Waals surface area (Å²) in [4.78, 5) is 16.5. The third-order valence-electron chi connectivity index (χ3n) is 2.58. The Hall–Kier alpha value is -1.95. The van der Waals surface area contributed by atoms with Crippen molar-refractivity contribution < 1.29 is 13.9 Å². The van der Waals surface area contributed by atoms with Gasteiger partial charge in [0.1, 0.15) is 11.6 Å². The van der Waals surface area contributed by atoms with E-state index in [2.05, 4.69) is 10.3 Å². The van der Waals surface area contributed by atoms with Gasteiger partial charge >= 0.3 is 0 Å². The molecule has 1 aromatic heterocycles. The lowest BCUT2D eigenvalue weighted by molar-refractivity contribution is 0.102. The summed E-state index contributed by atoms with van der Waals surface area (Å²) in [6.07, 6.45) is 0. The van der Waals surface area contributed by atoms with Gasteiger partial charge in [0.25, 0.3) is 0 Å². The number of carbonyl (C=O) groups excluding carboxylic acids is 1. The van der Waals surface area contributed by atoms with Gasteiger partial charge in [0, 0.05) is 19.5 Å². The molecule has 19 heavy (non-hydrogen) atoms. The lowest BCUT2D eigenvalue weighted by Gasteiger charge is -2.07. The molecule has 0 spiro atoms. The second-order valence-corrected chi connectivity index (χ2v) is 4.85. The van der Waals surface area contributed by atoms with Gasteiger partial charge in [0.15, 0.2) is 10.9 Å². The van der Waals surface area contributed by atoms with E-state index < -0.39 is 5.82 Å². The average Bonchev–Trinajstić information content (AvgIpc) is 2.83. The molecule has 0 amide bonds. The van der Waals surface area contributed by atoms with Crippen LogP contribution in [0.2, 0.25) is 0 Å². The number of hydrogen-bond donors (Lipinski definition) is 1. The summed E-state index contributed by atoms with van der Waals surface area (Å²) in [7, 11) is 3.21. The van der Waals surface area contributed by atoms with Crippen LogP contribution in [0.1, 0.15) is 16.6 Å². The van der Waals surface area contributed by atoms with Gasteiger partial charge in [-0.1, -0.05) is 11.3 Å². The molecule has 0 atom stereocenters. The van der Waals surface area contributed by atoms with E-state index in [0.717, 1.165) is 0 Å². The predicted octanol–water partition coefficient (Wildman–Crippen LogP) is 3.20. The fourth-order valence-electron chi connectivity index (χ4n) is 1.71. The minimum absolute atomic E-state index is 0.111. The van der Waals surface area contributed by atoms with Crippen LogP contribution in [0.4, 0.5) is 9.52 Å². The van der Waals surface area contributed by atoms with E-state index in [1.807, 2.05) is 0 Å². The van der Waals surface area contributed by atoms with Gasteiger partial charge in [0.2, 0.25) is 0 Å². The lowest BCUT2D eigenvalue weighted by Crippen LogP contribution is -1.95. The van der Waals surface area contributed by atoms with Crippen LogP contribution in [0, 0.1) is 5.82 Å². The maximum absolute atomic E-state index is 13.4. The van der Waals surface area contributed by atoms with Crippen molar-refractivity contribution in [2.24, 2.45) is 0 Å². The van der Waals surface area contributed by atoms with Crippen molar-refractivity contribution in [2.75, 3.05) is 19.5 Å². The Labute approximate surface area is 114 Å². The van der Waals surface area contributed by atoms with E-state index in [-0.39, 0.29) is 5.78 Å². The smallest absolute Gasteiger partial charge is 0.183 e. The highest BCUT2D eigenvalue weighted by molar-refractivity contribution is 7.18. The molecule has 0 aliphatic heterocycles. The molecule has 2 aromatic rings. The first kappa shape index (κ1) is 13.5.